The minimum absolute atomic E-state index is 0.237. The van der Waals surface area contributed by atoms with Crippen LogP contribution >= 0.6 is 15.9 Å². The maximum absolute atomic E-state index is 11.3. The smallest absolute Gasteiger partial charge is 0.278 e. The molecule has 0 aliphatic carbocycles. The van der Waals surface area contributed by atoms with Gasteiger partial charge in [0.25, 0.3) is 5.56 Å². The number of nitrogens with zero attached hydrogens (tertiary/aromatic N) is 3. The standard InChI is InChI=1S/C8H7BrN4O/c1-2-3-13-6-5(12-8(13)9)7(14)11-4-10-6/h2,4H,1,3H2,(H,10,11,14). The van der Waals surface area contributed by atoms with Crippen LogP contribution in [0, 0.1) is 0 Å². The van der Waals surface area contributed by atoms with Crippen LogP contribution in [0.4, 0.5) is 0 Å². The first-order valence-corrected chi connectivity index (χ1v) is 4.73. The highest BCUT2D eigenvalue weighted by molar-refractivity contribution is 9.10. The minimum atomic E-state index is -0.237. The Kier molecular flexibility index (Phi) is 2.20. The van der Waals surface area contributed by atoms with E-state index in [-0.39, 0.29) is 5.56 Å². The highest BCUT2D eigenvalue weighted by atomic mass is 79.9. The van der Waals surface area contributed by atoms with E-state index in [0.29, 0.717) is 22.4 Å². The summed E-state index contributed by atoms with van der Waals surface area (Å²) in [6.07, 6.45) is 3.08. The second kappa shape index (κ2) is 3.38. The second-order valence-electron chi connectivity index (χ2n) is 2.68. The number of rotatable bonds is 2. The molecule has 2 aromatic heterocycles. The maximum Gasteiger partial charge on any atom is 0.278 e. The Morgan fingerprint density at radius 3 is 3.21 bits per heavy atom. The first-order chi connectivity index (χ1) is 6.74. The number of hydrogen-bond donors (Lipinski definition) is 1. The Balaban J connectivity index is 2.83. The fourth-order valence-corrected chi connectivity index (χ4v) is 1.70. The lowest BCUT2D eigenvalue weighted by molar-refractivity contribution is 0.813. The zero-order chi connectivity index (χ0) is 10.1. The van der Waals surface area contributed by atoms with Crippen LogP contribution in [-0.4, -0.2) is 19.5 Å². The molecule has 0 spiro atoms. The molecular weight excluding hydrogens is 248 g/mol. The third kappa shape index (κ3) is 1.27. The molecule has 72 valence electrons. The van der Waals surface area contributed by atoms with Crippen LogP contribution in [0.25, 0.3) is 11.2 Å². The largest absolute Gasteiger partial charge is 0.311 e. The molecule has 0 unspecified atom stereocenters. The number of aromatic amines is 1. The molecule has 0 amide bonds. The van der Waals surface area contributed by atoms with Crippen molar-refractivity contribution in [3.63, 3.8) is 0 Å². The van der Waals surface area contributed by atoms with E-state index in [0.717, 1.165) is 0 Å². The van der Waals surface area contributed by atoms with Gasteiger partial charge in [0, 0.05) is 6.54 Å². The fourth-order valence-electron chi connectivity index (χ4n) is 1.21. The first-order valence-electron chi connectivity index (χ1n) is 3.94. The van der Waals surface area contributed by atoms with E-state index >= 15 is 0 Å². The van der Waals surface area contributed by atoms with E-state index in [4.69, 9.17) is 0 Å². The summed E-state index contributed by atoms with van der Waals surface area (Å²) in [6.45, 7) is 4.19. The second-order valence-corrected chi connectivity index (χ2v) is 3.39. The zero-order valence-electron chi connectivity index (χ0n) is 7.20. The number of H-pyrrole nitrogens is 1. The van der Waals surface area contributed by atoms with Crippen LogP contribution in [0.1, 0.15) is 0 Å². The Bertz CT molecular complexity index is 542. The summed E-state index contributed by atoms with van der Waals surface area (Å²) >= 11 is 3.26. The Morgan fingerprint density at radius 1 is 1.71 bits per heavy atom. The lowest BCUT2D eigenvalue weighted by Gasteiger charge is -1.98. The fraction of sp³-hybridized carbons (Fsp3) is 0.125. The quantitative estimate of drug-likeness (QED) is 0.644. The van der Waals surface area contributed by atoms with Crippen LogP contribution in [0.5, 0.6) is 0 Å². The first kappa shape index (κ1) is 9.14. The molecule has 0 aliphatic heterocycles. The minimum Gasteiger partial charge on any atom is -0.311 e. The van der Waals surface area contributed by atoms with Crippen LogP contribution in [0.15, 0.2) is 28.5 Å². The molecule has 1 N–H and O–H groups in total. The summed E-state index contributed by atoms with van der Waals surface area (Å²) in [5, 5.41) is 0. The molecule has 0 saturated carbocycles. The molecule has 2 heterocycles. The number of fused-ring (bicyclic) bond motifs is 1. The molecule has 0 bridgehead atoms. The lowest BCUT2D eigenvalue weighted by Crippen LogP contribution is -2.07. The summed E-state index contributed by atoms with van der Waals surface area (Å²) in [5.41, 5.74) is 0.653. The third-order valence-electron chi connectivity index (χ3n) is 1.80. The van der Waals surface area contributed by atoms with E-state index in [1.807, 2.05) is 0 Å². The van der Waals surface area contributed by atoms with Gasteiger partial charge < -0.3 is 4.98 Å². The molecular formula is C8H7BrN4O. The van der Waals surface area contributed by atoms with E-state index in [2.05, 4.69) is 37.5 Å². The molecule has 0 fully saturated rings. The maximum atomic E-state index is 11.3. The van der Waals surface area contributed by atoms with Gasteiger partial charge in [-0.1, -0.05) is 6.08 Å². The van der Waals surface area contributed by atoms with Crippen molar-refractivity contribution in [3.05, 3.63) is 34.1 Å². The van der Waals surface area contributed by atoms with Crippen LogP contribution in [0.2, 0.25) is 0 Å². The predicted molar refractivity (Wildman–Crippen MR) is 56.0 cm³/mol. The van der Waals surface area contributed by atoms with Gasteiger partial charge in [-0.25, -0.2) is 9.97 Å². The Morgan fingerprint density at radius 2 is 2.50 bits per heavy atom. The highest BCUT2D eigenvalue weighted by Crippen LogP contribution is 2.14. The average molecular weight is 255 g/mol. The summed E-state index contributed by atoms with van der Waals surface area (Å²) in [4.78, 5) is 21.9. The van der Waals surface area contributed by atoms with Gasteiger partial charge in [-0.05, 0) is 15.9 Å². The summed E-state index contributed by atoms with van der Waals surface area (Å²) in [6, 6.07) is 0. The lowest BCUT2D eigenvalue weighted by atomic mass is 10.5. The van der Waals surface area contributed by atoms with Crippen molar-refractivity contribution < 1.29 is 0 Å². The number of hydrogen-bond acceptors (Lipinski definition) is 3. The summed E-state index contributed by atoms with van der Waals surface area (Å²) in [7, 11) is 0. The van der Waals surface area contributed by atoms with Crippen molar-refractivity contribution in [2.45, 2.75) is 6.54 Å². The van der Waals surface area contributed by atoms with Crippen LogP contribution < -0.4 is 5.56 Å². The molecule has 0 saturated heterocycles. The van der Waals surface area contributed by atoms with Crippen LogP contribution in [-0.2, 0) is 6.54 Å². The molecule has 0 radical (unpaired) electrons. The van der Waals surface area contributed by atoms with Crippen molar-refractivity contribution in [1.29, 1.82) is 0 Å². The molecule has 2 rings (SSSR count). The van der Waals surface area contributed by atoms with E-state index < -0.39 is 0 Å². The topological polar surface area (TPSA) is 63.6 Å². The van der Waals surface area contributed by atoms with E-state index in [9.17, 15) is 4.79 Å². The number of imidazole rings is 1. The molecule has 0 atom stereocenters. The highest BCUT2D eigenvalue weighted by Gasteiger charge is 2.10. The van der Waals surface area contributed by atoms with Crippen molar-refractivity contribution >= 4 is 27.1 Å². The van der Waals surface area contributed by atoms with Gasteiger partial charge in [0.15, 0.2) is 15.9 Å². The van der Waals surface area contributed by atoms with Gasteiger partial charge in [0.05, 0.1) is 6.33 Å². The zero-order valence-corrected chi connectivity index (χ0v) is 8.78. The number of halogens is 1. The molecule has 14 heavy (non-hydrogen) atoms. The van der Waals surface area contributed by atoms with Crippen molar-refractivity contribution in [3.8, 4) is 0 Å². The van der Waals surface area contributed by atoms with Gasteiger partial charge in [-0.3, -0.25) is 9.36 Å². The molecule has 0 aliphatic rings. The van der Waals surface area contributed by atoms with Crippen LogP contribution in [0.3, 0.4) is 0 Å². The molecule has 2 aromatic rings. The Hall–Kier alpha value is -1.43. The van der Waals surface area contributed by atoms with Crippen molar-refractivity contribution in [1.82, 2.24) is 19.5 Å². The van der Waals surface area contributed by atoms with Gasteiger partial charge in [0.2, 0.25) is 0 Å². The van der Waals surface area contributed by atoms with E-state index in [1.165, 1.54) is 6.33 Å². The third-order valence-corrected chi connectivity index (χ3v) is 2.41. The summed E-state index contributed by atoms with van der Waals surface area (Å²) < 4.78 is 2.34. The average Bonchev–Trinajstić information content (AvgIpc) is 2.47. The Labute approximate surface area is 87.6 Å². The van der Waals surface area contributed by atoms with Gasteiger partial charge in [-0.2, -0.15) is 0 Å². The molecule has 0 aromatic carbocycles. The van der Waals surface area contributed by atoms with E-state index in [1.54, 1.807) is 10.6 Å². The van der Waals surface area contributed by atoms with Gasteiger partial charge in [0.1, 0.15) is 0 Å². The predicted octanol–water partition coefficient (Wildman–Crippen LogP) is 1.07. The number of allylic oxidation sites excluding steroid dienone is 1. The van der Waals surface area contributed by atoms with Gasteiger partial charge >= 0.3 is 0 Å². The van der Waals surface area contributed by atoms with Crippen molar-refractivity contribution in [2.75, 3.05) is 0 Å². The molecule has 5 nitrogen and oxygen atoms in total. The number of aromatic nitrogens is 4. The number of nitrogens with one attached hydrogen (secondary N) is 1. The molecule has 6 heteroatoms. The summed E-state index contributed by atoms with van der Waals surface area (Å²) in [5.74, 6) is 0. The van der Waals surface area contributed by atoms with Gasteiger partial charge in [-0.15, -0.1) is 6.58 Å². The normalized spacial score (nSPS) is 10.6. The monoisotopic (exact) mass is 254 g/mol. The van der Waals surface area contributed by atoms with Crippen molar-refractivity contribution in [2.24, 2.45) is 0 Å². The SMILES string of the molecule is C=CCn1c(Br)nc2c(=O)[nH]cnc21.